The molecule has 5 nitrogen and oxygen atoms in total. The van der Waals surface area contributed by atoms with Crippen LogP contribution in [0.1, 0.15) is 11.4 Å². The van der Waals surface area contributed by atoms with Crippen molar-refractivity contribution < 1.29 is 14.2 Å². The topological polar surface area (TPSA) is 60.2 Å². The van der Waals surface area contributed by atoms with Crippen LogP contribution in [0.3, 0.4) is 0 Å². The second-order valence-electron chi connectivity index (χ2n) is 4.92. The summed E-state index contributed by atoms with van der Waals surface area (Å²) >= 11 is 0. The first-order valence-electron chi connectivity index (χ1n) is 7.26. The fraction of sp³-hybridized carbons (Fsp3) is 0.176. The molecule has 118 valence electrons. The zero-order valence-corrected chi connectivity index (χ0v) is 12.4. The van der Waals surface area contributed by atoms with Crippen LogP contribution in [-0.2, 0) is 13.0 Å². The smallest absolute Gasteiger partial charge is 0.148 e. The molecule has 0 unspecified atom stereocenters. The van der Waals surface area contributed by atoms with Gasteiger partial charge < -0.3 is 9.84 Å². The highest BCUT2D eigenvalue weighted by atomic mass is 19.1. The van der Waals surface area contributed by atoms with Crippen LogP contribution >= 0.6 is 0 Å². The van der Waals surface area contributed by atoms with Crippen molar-refractivity contribution in [1.82, 2.24) is 15.0 Å². The summed E-state index contributed by atoms with van der Waals surface area (Å²) in [7, 11) is 0. The van der Waals surface area contributed by atoms with Gasteiger partial charge in [0.05, 0.1) is 18.9 Å². The lowest BCUT2D eigenvalue weighted by Gasteiger charge is -2.09. The highest BCUT2D eigenvalue weighted by molar-refractivity contribution is 5.35. The minimum absolute atomic E-state index is 0.255. The van der Waals surface area contributed by atoms with Crippen molar-refractivity contribution in [3.63, 3.8) is 0 Å². The molecule has 0 bridgehead atoms. The number of halogens is 1. The van der Waals surface area contributed by atoms with Crippen molar-refractivity contribution in [2.75, 3.05) is 6.61 Å². The Bertz CT molecular complexity index is 775. The molecule has 6 heteroatoms. The Hall–Kier alpha value is -2.73. The molecule has 0 radical (unpaired) electrons. The largest absolute Gasteiger partial charge is 0.493 e. The van der Waals surface area contributed by atoms with E-state index in [4.69, 9.17) is 4.74 Å². The zero-order valence-electron chi connectivity index (χ0n) is 12.4. The number of ether oxygens (including phenoxy) is 1. The van der Waals surface area contributed by atoms with Gasteiger partial charge in [0.1, 0.15) is 22.9 Å². The fourth-order valence-corrected chi connectivity index (χ4v) is 2.31. The summed E-state index contributed by atoms with van der Waals surface area (Å²) in [6, 6.07) is 15.7. The normalized spacial score (nSPS) is 10.7. The van der Waals surface area contributed by atoms with Crippen LogP contribution in [0, 0.1) is 5.82 Å². The van der Waals surface area contributed by atoms with Crippen molar-refractivity contribution >= 4 is 0 Å². The third-order valence-electron chi connectivity index (χ3n) is 3.42. The Morgan fingerprint density at radius 3 is 2.52 bits per heavy atom. The molecule has 0 spiro atoms. The number of aliphatic hydroxyl groups is 1. The third-order valence-corrected chi connectivity index (χ3v) is 3.42. The Balaban J connectivity index is 1.81. The summed E-state index contributed by atoms with van der Waals surface area (Å²) in [5, 5.41) is 17.3. The SMILES string of the molecule is OCc1nnn(-c2ccccc2F)c1CCOc1ccccc1. The van der Waals surface area contributed by atoms with Crippen LogP contribution in [0.5, 0.6) is 5.75 Å². The van der Waals surface area contributed by atoms with Crippen molar-refractivity contribution in [2.24, 2.45) is 0 Å². The molecule has 0 aliphatic heterocycles. The number of aliphatic hydroxyl groups excluding tert-OH is 1. The van der Waals surface area contributed by atoms with Gasteiger partial charge in [0.2, 0.25) is 0 Å². The number of hydrogen-bond donors (Lipinski definition) is 1. The molecule has 0 aliphatic rings. The number of para-hydroxylation sites is 2. The van der Waals surface area contributed by atoms with E-state index >= 15 is 0 Å². The highest BCUT2D eigenvalue weighted by Crippen LogP contribution is 2.17. The average Bonchev–Trinajstić information content (AvgIpc) is 2.99. The van der Waals surface area contributed by atoms with E-state index in [1.54, 1.807) is 18.2 Å². The van der Waals surface area contributed by atoms with Gasteiger partial charge in [0, 0.05) is 6.42 Å². The molecule has 0 fully saturated rings. The second kappa shape index (κ2) is 7.02. The summed E-state index contributed by atoms with van der Waals surface area (Å²) < 4.78 is 21.0. The Morgan fingerprint density at radius 2 is 1.78 bits per heavy atom. The number of aromatic nitrogens is 3. The number of nitrogens with zero attached hydrogens (tertiary/aromatic N) is 3. The minimum atomic E-state index is -0.396. The van der Waals surface area contributed by atoms with E-state index in [-0.39, 0.29) is 6.61 Å². The molecule has 0 atom stereocenters. The van der Waals surface area contributed by atoms with Crippen LogP contribution in [0.2, 0.25) is 0 Å². The van der Waals surface area contributed by atoms with Crippen LogP contribution < -0.4 is 4.74 Å². The average molecular weight is 313 g/mol. The van der Waals surface area contributed by atoms with Gasteiger partial charge in [-0.2, -0.15) is 0 Å². The van der Waals surface area contributed by atoms with E-state index in [9.17, 15) is 9.50 Å². The van der Waals surface area contributed by atoms with Gasteiger partial charge in [-0.25, -0.2) is 9.07 Å². The quantitative estimate of drug-likeness (QED) is 0.759. The summed E-state index contributed by atoms with van der Waals surface area (Å²) in [6.07, 6.45) is 0.451. The van der Waals surface area contributed by atoms with Crippen molar-refractivity contribution in [2.45, 2.75) is 13.0 Å². The van der Waals surface area contributed by atoms with E-state index in [0.29, 0.717) is 30.1 Å². The lowest BCUT2D eigenvalue weighted by atomic mass is 10.2. The van der Waals surface area contributed by atoms with Gasteiger partial charge in [-0.3, -0.25) is 0 Å². The standard InChI is InChI=1S/C17H16FN3O2/c18-14-8-4-5-9-16(14)21-17(15(12-22)19-20-21)10-11-23-13-6-2-1-3-7-13/h1-9,22H,10-12H2. The molecule has 0 saturated carbocycles. The molecule has 1 aromatic heterocycles. The van der Waals surface area contributed by atoms with Crippen molar-refractivity contribution in [3.05, 3.63) is 71.8 Å². The first kappa shape index (κ1) is 15.2. The maximum Gasteiger partial charge on any atom is 0.148 e. The van der Waals surface area contributed by atoms with E-state index in [2.05, 4.69) is 10.3 Å². The van der Waals surface area contributed by atoms with Crippen LogP contribution in [0.25, 0.3) is 5.69 Å². The first-order valence-corrected chi connectivity index (χ1v) is 7.26. The Morgan fingerprint density at radius 1 is 1.04 bits per heavy atom. The lowest BCUT2D eigenvalue weighted by Crippen LogP contribution is -2.10. The molecule has 3 rings (SSSR count). The monoisotopic (exact) mass is 313 g/mol. The summed E-state index contributed by atoms with van der Waals surface area (Å²) in [5.74, 6) is 0.357. The van der Waals surface area contributed by atoms with Crippen molar-refractivity contribution in [1.29, 1.82) is 0 Å². The molecule has 0 amide bonds. The Kier molecular flexibility index (Phi) is 4.63. The number of rotatable bonds is 6. The molecule has 0 saturated heterocycles. The molecule has 3 aromatic rings. The molecule has 23 heavy (non-hydrogen) atoms. The minimum Gasteiger partial charge on any atom is -0.493 e. The fourth-order valence-electron chi connectivity index (χ4n) is 2.31. The molecule has 0 aliphatic carbocycles. The maximum absolute atomic E-state index is 14.0. The van der Waals surface area contributed by atoms with Crippen LogP contribution in [-0.4, -0.2) is 26.7 Å². The first-order chi connectivity index (χ1) is 11.3. The van der Waals surface area contributed by atoms with E-state index in [0.717, 1.165) is 5.75 Å². The molecule has 2 aromatic carbocycles. The zero-order chi connectivity index (χ0) is 16.1. The maximum atomic E-state index is 14.0. The third kappa shape index (κ3) is 3.37. The van der Waals surface area contributed by atoms with Gasteiger partial charge >= 0.3 is 0 Å². The summed E-state index contributed by atoms with van der Waals surface area (Å²) in [5.41, 5.74) is 1.35. The Labute approximate surface area is 133 Å². The van der Waals surface area contributed by atoms with E-state index in [1.807, 2.05) is 30.3 Å². The highest BCUT2D eigenvalue weighted by Gasteiger charge is 2.16. The summed E-state index contributed by atoms with van der Waals surface area (Å²) in [6.45, 7) is 0.119. The van der Waals surface area contributed by atoms with Gasteiger partial charge in [-0.15, -0.1) is 5.10 Å². The predicted molar refractivity (Wildman–Crippen MR) is 82.9 cm³/mol. The number of hydrogen-bond acceptors (Lipinski definition) is 4. The van der Waals surface area contributed by atoms with Crippen LogP contribution in [0.4, 0.5) is 4.39 Å². The van der Waals surface area contributed by atoms with Gasteiger partial charge in [-0.05, 0) is 24.3 Å². The molecular formula is C17H16FN3O2. The van der Waals surface area contributed by atoms with Gasteiger partial charge in [0.25, 0.3) is 0 Å². The van der Waals surface area contributed by atoms with Gasteiger partial charge in [-0.1, -0.05) is 35.5 Å². The number of benzene rings is 2. The molecule has 1 heterocycles. The van der Waals surface area contributed by atoms with Gasteiger partial charge in [0.15, 0.2) is 0 Å². The van der Waals surface area contributed by atoms with Crippen molar-refractivity contribution in [3.8, 4) is 11.4 Å². The lowest BCUT2D eigenvalue weighted by molar-refractivity contribution is 0.273. The summed E-state index contributed by atoms with van der Waals surface area (Å²) in [4.78, 5) is 0. The predicted octanol–water partition coefficient (Wildman–Crippen LogP) is 2.52. The van der Waals surface area contributed by atoms with Crippen LogP contribution in [0.15, 0.2) is 54.6 Å². The molecular weight excluding hydrogens is 297 g/mol. The molecule has 1 N–H and O–H groups in total. The van der Waals surface area contributed by atoms with E-state index < -0.39 is 5.82 Å². The van der Waals surface area contributed by atoms with E-state index in [1.165, 1.54) is 10.7 Å². The second-order valence-corrected chi connectivity index (χ2v) is 4.92.